The molecule has 4 heteroatoms. The molecule has 0 aliphatic heterocycles. The predicted molar refractivity (Wildman–Crippen MR) is 124 cm³/mol. The van der Waals surface area contributed by atoms with Crippen molar-refractivity contribution < 1.29 is 4.79 Å². The average molecular weight is 417 g/mol. The Labute approximate surface area is 182 Å². The van der Waals surface area contributed by atoms with Gasteiger partial charge in [0.1, 0.15) is 0 Å². The second kappa shape index (κ2) is 8.37. The number of hydrogen-bond donors (Lipinski definition) is 1. The van der Waals surface area contributed by atoms with Crippen molar-refractivity contribution in [1.82, 2.24) is 9.88 Å². The van der Waals surface area contributed by atoms with Crippen molar-refractivity contribution in [3.63, 3.8) is 0 Å². The third-order valence-electron chi connectivity index (χ3n) is 5.80. The van der Waals surface area contributed by atoms with Gasteiger partial charge < -0.3 is 9.88 Å². The first-order chi connectivity index (χ1) is 14.4. The van der Waals surface area contributed by atoms with Gasteiger partial charge in [0.15, 0.2) is 0 Å². The average Bonchev–Trinajstić information content (AvgIpc) is 3.00. The highest BCUT2D eigenvalue weighted by Gasteiger charge is 2.16. The molecule has 0 aliphatic carbocycles. The van der Waals surface area contributed by atoms with Gasteiger partial charge in [-0.15, -0.1) is 0 Å². The number of rotatable bonds is 5. The van der Waals surface area contributed by atoms with Gasteiger partial charge in [0, 0.05) is 33.7 Å². The fourth-order valence-corrected chi connectivity index (χ4v) is 4.00. The van der Waals surface area contributed by atoms with Crippen LogP contribution in [0.2, 0.25) is 5.02 Å². The zero-order valence-corrected chi connectivity index (χ0v) is 18.2. The molecule has 0 spiro atoms. The number of aryl methyl sites for hydroxylation is 1. The topological polar surface area (TPSA) is 34.0 Å². The van der Waals surface area contributed by atoms with Crippen molar-refractivity contribution in [2.75, 3.05) is 0 Å². The summed E-state index contributed by atoms with van der Waals surface area (Å²) in [5.74, 6) is -0.0595. The van der Waals surface area contributed by atoms with Crippen LogP contribution in [0.25, 0.3) is 10.9 Å². The quantitative estimate of drug-likeness (QED) is 0.398. The maximum absolute atomic E-state index is 12.9. The predicted octanol–water partition coefficient (Wildman–Crippen LogP) is 6.45. The van der Waals surface area contributed by atoms with Gasteiger partial charge in [-0.3, -0.25) is 4.79 Å². The molecule has 1 atom stereocenters. The minimum absolute atomic E-state index is 0.0493. The fourth-order valence-electron chi connectivity index (χ4n) is 3.87. The zero-order valence-electron chi connectivity index (χ0n) is 17.4. The number of amides is 1. The van der Waals surface area contributed by atoms with Gasteiger partial charge >= 0.3 is 0 Å². The molecule has 0 aliphatic rings. The standard InChI is InChI=1S/C26H25ClN2O/c1-17-19(3)29(16-20-9-12-23(27)13-10-20)25-14-11-22(15-24(17)25)26(30)28-18(2)21-7-5-4-6-8-21/h4-15,18H,16H2,1-3H3,(H,28,30)/t18-/m1/s1. The highest BCUT2D eigenvalue weighted by Crippen LogP contribution is 2.28. The lowest BCUT2D eigenvalue weighted by molar-refractivity contribution is 0.0940. The van der Waals surface area contributed by atoms with E-state index in [0.717, 1.165) is 28.0 Å². The van der Waals surface area contributed by atoms with E-state index >= 15 is 0 Å². The van der Waals surface area contributed by atoms with E-state index in [4.69, 9.17) is 11.6 Å². The minimum atomic E-state index is -0.0595. The van der Waals surface area contributed by atoms with E-state index in [1.54, 1.807) is 0 Å². The first kappa shape index (κ1) is 20.2. The smallest absolute Gasteiger partial charge is 0.251 e. The molecular formula is C26H25ClN2O. The molecule has 1 aromatic heterocycles. The lowest BCUT2D eigenvalue weighted by atomic mass is 10.1. The summed E-state index contributed by atoms with van der Waals surface area (Å²) < 4.78 is 2.29. The largest absolute Gasteiger partial charge is 0.346 e. The van der Waals surface area contributed by atoms with Crippen LogP contribution in [0.4, 0.5) is 0 Å². The third kappa shape index (κ3) is 3.99. The van der Waals surface area contributed by atoms with E-state index in [1.807, 2.05) is 67.6 Å². The van der Waals surface area contributed by atoms with Crippen molar-refractivity contribution in [2.24, 2.45) is 0 Å². The van der Waals surface area contributed by atoms with Crippen LogP contribution in [0, 0.1) is 13.8 Å². The molecule has 0 radical (unpaired) electrons. The maximum atomic E-state index is 12.9. The summed E-state index contributed by atoms with van der Waals surface area (Å²) in [5.41, 5.74) is 6.50. The molecule has 30 heavy (non-hydrogen) atoms. The maximum Gasteiger partial charge on any atom is 0.251 e. The number of nitrogens with zero attached hydrogens (tertiary/aromatic N) is 1. The van der Waals surface area contributed by atoms with Crippen LogP contribution in [0.1, 0.15) is 45.7 Å². The molecule has 152 valence electrons. The fraction of sp³-hybridized carbons (Fsp3) is 0.192. The van der Waals surface area contributed by atoms with Gasteiger partial charge in [0.05, 0.1) is 6.04 Å². The second-order valence-electron chi connectivity index (χ2n) is 7.76. The Morgan fingerprint density at radius 1 is 1.00 bits per heavy atom. The minimum Gasteiger partial charge on any atom is -0.346 e. The summed E-state index contributed by atoms with van der Waals surface area (Å²) in [4.78, 5) is 12.9. The molecule has 0 bridgehead atoms. The summed E-state index contributed by atoms with van der Waals surface area (Å²) in [6.07, 6.45) is 0. The molecule has 1 N–H and O–H groups in total. The second-order valence-corrected chi connectivity index (χ2v) is 8.20. The van der Waals surface area contributed by atoms with Crippen molar-refractivity contribution in [3.05, 3.63) is 106 Å². The van der Waals surface area contributed by atoms with Crippen molar-refractivity contribution in [3.8, 4) is 0 Å². The van der Waals surface area contributed by atoms with E-state index in [9.17, 15) is 4.79 Å². The van der Waals surface area contributed by atoms with Crippen molar-refractivity contribution in [2.45, 2.75) is 33.4 Å². The summed E-state index contributed by atoms with van der Waals surface area (Å²) >= 11 is 6.02. The van der Waals surface area contributed by atoms with E-state index in [-0.39, 0.29) is 11.9 Å². The number of benzene rings is 3. The van der Waals surface area contributed by atoms with Gasteiger partial charge in [-0.1, -0.05) is 54.1 Å². The molecule has 3 nitrogen and oxygen atoms in total. The Bertz CT molecular complexity index is 1190. The molecule has 3 aromatic carbocycles. The number of carbonyl (C=O) groups excluding carboxylic acids is 1. The van der Waals surface area contributed by atoms with Gasteiger partial charge in [-0.2, -0.15) is 0 Å². The Hall–Kier alpha value is -3.04. The first-order valence-corrected chi connectivity index (χ1v) is 10.5. The molecule has 1 amide bonds. The number of nitrogens with one attached hydrogen (secondary N) is 1. The summed E-state index contributed by atoms with van der Waals surface area (Å²) in [6.45, 7) is 7.01. The van der Waals surface area contributed by atoms with Crippen LogP contribution >= 0.6 is 11.6 Å². The highest BCUT2D eigenvalue weighted by molar-refractivity contribution is 6.30. The monoisotopic (exact) mass is 416 g/mol. The summed E-state index contributed by atoms with van der Waals surface area (Å²) in [5, 5.41) is 4.96. The Balaban J connectivity index is 1.62. The lowest BCUT2D eigenvalue weighted by Gasteiger charge is -2.14. The zero-order chi connectivity index (χ0) is 21.3. The van der Waals surface area contributed by atoms with Crippen LogP contribution in [0.15, 0.2) is 72.8 Å². The summed E-state index contributed by atoms with van der Waals surface area (Å²) in [7, 11) is 0. The van der Waals surface area contributed by atoms with Gasteiger partial charge in [0.2, 0.25) is 0 Å². The molecule has 4 rings (SSSR count). The summed E-state index contributed by atoms with van der Waals surface area (Å²) in [6, 6.07) is 23.9. The molecule has 0 fully saturated rings. The molecule has 0 saturated carbocycles. The van der Waals surface area contributed by atoms with Gasteiger partial charge in [-0.25, -0.2) is 0 Å². The van der Waals surface area contributed by atoms with Crippen molar-refractivity contribution in [1.29, 1.82) is 0 Å². The SMILES string of the molecule is Cc1c(C)n(Cc2ccc(Cl)cc2)c2ccc(C(=O)N[C@H](C)c3ccccc3)cc12. The van der Waals surface area contributed by atoms with Crippen LogP contribution in [0.3, 0.4) is 0 Å². The Morgan fingerprint density at radius 2 is 1.70 bits per heavy atom. The lowest BCUT2D eigenvalue weighted by Crippen LogP contribution is -2.26. The number of carbonyl (C=O) groups is 1. The van der Waals surface area contributed by atoms with E-state index in [2.05, 4.69) is 35.9 Å². The molecule has 4 aromatic rings. The van der Waals surface area contributed by atoms with Crippen LogP contribution in [-0.2, 0) is 6.54 Å². The van der Waals surface area contributed by atoms with Crippen molar-refractivity contribution >= 4 is 28.4 Å². The number of fused-ring (bicyclic) bond motifs is 1. The van der Waals surface area contributed by atoms with Crippen LogP contribution in [-0.4, -0.2) is 10.5 Å². The molecule has 1 heterocycles. The van der Waals surface area contributed by atoms with Crippen LogP contribution in [0.5, 0.6) is 0 Å². The number of halogens is 1. The van der Waals surface area contributed by atoms with E-state index in [0.29, 0.717) is 5.56 Å². The molecular weight excluding hydrogens is 392 g/mol. The van der Waals surface area contributed by atoms with Gasteiger partial charge in [-0.05, 0) is 67.8 Å². The Kier molecular flexibility index (Phi) is 5.65. The van der Waals surface area contributed by atoms with Gasteiger partial charge in [0.25, 0.3) is 5.91 Å². The molecule has 0 unspecified atom stereocenters. The van der Waals surface area contributed by atoms with E-state index in [1.165, 1.54) is 16.8 Å². The number of hydrogen-bond acceptors (Lipinski definition) is 1. The van der Waals surface area contributed by atoms with Crippen LogP contribution < -0.4 is 5.32 Å². The normalized spacial score (nSPS) is 12.1. The van der Waals surface area contributed by atoms with E-state index < -0.39 is 0 Å². The Morgan fingerprint density at radius 3 is 2.40 bits per heavy atom. The molecule has 0 saturated heterocycles. The first-order valence-electron chi connectivity index (χ1n) is 10.1. The third-order valence-corrected chi connectivity index (χ3v) is 6.05. The highest BCUT2D eigenvalue weighted by atomic mass is 35.5. The number of aromatic nitrogens is 1.